The third-order valence-electron chi connectivity index (χ3n) is 3.45. The largest absolute Gasteiger partial charge is 0.456 e. The number of H-pyrrole nitrogens is 1. The molecule has 1 N–H and O–H groups in total. The topological polar surface area (TPSA) is 87.5 Å². The Morgan fingerprint density at radius 2 is 1.92 bits per heavy atom. The molecule has 0 radical (unpaired) electrons. The van der Waals surface area contributed by atoms with Crippen molar-refractivity contribution in [2.45, 2.75) is 0 Å². The zero-order chi connectivity index (χ0) is 16.4. The van der Waals surface area contributed by atoms with Crippen molar-refractivity contribution in [1.29, 1.82) is 5.26 Å². The average molecular weight is 313 g/mol. The maximum atomic E-state index is 8.76. The fourth-order valence-electron chi connectivity index (χ4n) is 2.32. The van der Waals surface area contributed by atoms with Gasteiger partial charge in [-0.25, -0.2) is 9.97 Å². The van der Waals surface area contributed by atoms with Crippen molar-refractivity contribution >= 4 is 11.0 Å². The van der Waals surface area contributed by atoms with Gasteiger partial charge in [-0.3, -0.25) is 4.98 Å². The van der Waals surface area contributed by atoms with Crippen molar-refractivity contribution in [3.8, 4) is 29.1 Å². The van der Waals surface area contributed by atoms with Gasteiger partial charge < -0.3 is 9.72 Å². The van der Waals surface area contributed by atoms with E-state index in [1.165, 1.54) is 6.20 Å². The average Bonchev–Trinajstić information content (AvgIpc) is 3.06. The van der Waals surface area contributed by atoms with Crippen LogP contribution in [0.15, 0.2) is 60.9 Å². The Morgan fingerprint density at radius 3 is 2.67 bits per heavy atom. The number of ether oxygens (including phenoxy) is 1. The summed E-state index contributed by atoms with van der Waals surface area (Å²) < 4.78 is 5.77. The predicted molar refractivity (Wildman–Crippen MR) is 88.4 cm³/mol. The van der Waals surface area contributed by atoms with Crippen molar-refractivity contribution in [2.24, 2.45) is 0 Å². The van der Waals surface area contributed by atoms with Gasteiger partial charge in [0.2, 0.25) is 0 Å². The molecule has 0 atom stereocenters. The lowest BCUT2D eigenvalue weighted by Gasteiger charge is -2.04. The Balaban J connectivity index is 1.64. The molecule has 0 saturated carbocycles. The Hall–Kier alpha value is -3.72. The molecule has 0 saturated heterocycles. The van der Waals surface area contributed by atoms with E-state index < -0.39 is 0 Å². The maximum Gasteiger partial charge on any atom is 0.157 e. The van der Waals surface area contributed by atoms with Gasteiger partial charge in [-0.05, 0) is 36.4 Å². The summed E-state index contributed by atoms with van der Waals surface area (Å²) in [5, 5.41) is 8.76. The lowest BCUT2D eigenvalue weighted by molar-refractivity contribution is 0.481. The fraction of sp³-hybridized carbons (Fsp3) is 0. The normalized spacial score (nSPS) is 10.5. The highest BCUT2D eigenvalue weighted by Gasteiger charge is 2.07. The van der Waals surface area contributed by atoms with Gasteiger partial charge in [0, 0.05) is 12.3 Å². The van der Waals surface area contributed by atoms with Crippen molar-refractivity contribution in [3.05, 3.63) is 66.6 Å². The minimum absolute atomic E-state index is 0.353. The van der Waals surface area contributed by atoms with Gasteiger partial charge in [-0.15, -0.1) is 0 Å². The summed E-state index contributed by atoms with van der Waals surface area (Å²) in [7, 11) is 0. The molecule has 114 valence electrons. The first-order chi connectivity index (χ1) is 11.8. The molecule has 0 amide bonds. The van der Waals surface area contributed by atoms with Gasteiger partial charge in [0.1, 0.15) is 29.0 Å². The lowest BCUT2D eigenvalue weighted by Crippen LogP contribution is -1.87. The van der Waals surface area contributed by atoms with Gasteiger partial charge in [-0.2, -0.15) is 5.26 Å². The molecule has 1 aromatic carbocycles. The molecule has 0 unspecified atom stereocenters. The summed E-state index contributed by atoms with van der Waals surface area (Å²) in [4.78, 5) is 16.1. The van der Waals surface area contributed by atoms with Gasteiger partial charge in [0.25, 0.3) is 0 Å². The molecule has 0 spiro atoms. The zero-order valence-electron chi connectivity index (χ0n) is 12.5. The van der Waals surface area contributed by atoms with Crippen LogP contribution in [0.25, 0.3) is 22.6 Å². The Morgan fingerprint density at radius 1 is 1.00 bits per heavy atom. The molecule has 0 fully saturated rings. The van der Waals surface area contributed by atoms with Crippen LogP contribution in [0, 0.1) is 11.3 Å². The monoisotopic (exact) mass is 313 g/mol. The number of nitrogens with zero attached hydrogens (tertiary/aromatic N) is 4. The number of hydrogen-bond acceptors (Lipinski definition) is 5. The summed E-state index contributed by atoms with van der Waals surface area (Å²) in [5.41, 5.74) is 2.83. The number of nitriles is 1. The standard InChI is InChI=1S/C18H11N5O/c19-10-12-4-5-14(11-21-12)24-13-6-7-15-17(9-13)23-18(22-15)16-3-1-2-8-20-16/h1-9,11H,(H,22,23). The second-order valence-corrected chi connectivity index (χ2v) is 5.07. The van der Waals surface area contributed by atoms with Crippen molar-refractivity contribution in [2.75, 3.05) is 0 Å². The molecular weight excluding hydrogens is 302 g/mol. The van der Waals surface area contributed by atoms with Crippen LogP contribution in [0.2, 0.25) is 0 Å². The number of hydrogen-bond donors (Lipinski definition) is 1. The molecule has 4 aromatic rings. The molecule has 0 bridgehead atoms. The first kappa shape index (κ1) is 13.9. The molecule has 24 heavy (non-hydrogen) atoms. The van der Waals surface area contributed by atoms with Crippen LogP contribution in [0.3, 0.4) is 0 Å². The van der Waals surface area contributed by atoms with E-state index in [0.717, 1.165) is 16.7 Å². The first-order valence-corrected chi connectivity index (χ1v) is 7.27. The highest BCUT2D eigenvalue weighted by atomic mass is 16.5. The number of aromatic amines is 1. The van der Waals surface area contributed by atoms with E-state index in [-0.39, 0.29) is 0 Å². The SMILES string of the molecule is N#Cc1ccc(Oc2ccc3nc(-c4ccccn4)[nH]c3c2)cn1. The van der Waals surface area contributed by atoms with E-state index in [0.29, 0.717) is 23.0 Å². The Kier molecular flexibility index (Phi) is 3.37. The first-order valence-electron chi connectivity index (χ1n) is 7.27. The smallest absolute Gasteiger partial charge is 0.157 e. The lowest BCUT2D eigenvalue weighted by atomic mass is 10.3. The van der Waals surface area contributed by atoms with Gasteiger partial charge in [-0.1, -0.05) is 6.07 Å². The van der Waals surface area contributed by atoms with E-state index in [4.69, 9.17) is 10.00 Å². The minimum atomic E-state index is 0.353. The highest BCUT2D eigenvalue weighted by molar-refractivity contribution is 5.80. The zero-order valence-corrected chi connectivity index (χ0v) is 12.5. The summed E-state index contributed by atoms with van der Waals surface area (Å²) >= 11 is 0. The molecule has 0 aliphatic heterocycles. The molecule has 3 aromatic heterocycles. The summed E-state index contributed by atoms with van der Waals surface area (Å²) in [6.07, 6.45) is 3.25. The molecule has 0 aliphatic carbocycles. The Labute approximate surface area is 137 Å². The molecular formula is C18H11N5O. The van der Waals surface area contributed by atoms with Crippen LogP contribution in [-0.2, 0) is 0 Å². The third-order valence-corrected chi connectivity index (χ3v) is 3.45. The maximum absolute atomic E-state index is 8.76. The van der Waals surface area contributed by atoms with E-state index in [2.05, 4.69) is 19.9 Å². The van der Waals surface area contributed by atoms with Crippen LogP contribution in [-0.4, -0.2) is 19.9 Å². The molecule has 6 nitrogen and oxygen atoms in total. The second-order valence-electron chi connectivity index (χ2n) is 5.07. The van der Waals surface area contributed by atoms with Crippen molar-refractivity contribution in [3.63, 3.8) is 0 Å². The van der Waals surface area contributed by atoms with E-state index in [9.17, 15) is 0 Å². The van der Waals surface area contributed by atoms with E-state index in [1.807, 2.05) is 42.5 Å². The van der Waals surface area contributed by atoms with Crippen LogP contribution >= 0.6 is 0 Å². The summed E-state index contributed by atoms with van der Waals surface area (Å²) in [6.45, 7) is 0. The van der Waals surface area contributed by atoms with Gasteiger partial charge >= 0.3 is 0 Å². The molecule has 6 heteroatoms. The number of benzene rings is 1. The van der Waals surface area contributed by atoms with Crippen molar-refractivity contribution < 1.29 is 4.74 Å². The number of pyridine rings is 2. The highest BCUT2D eigenvalue weighted by Crippen LogP contribution is 2.26. The number of fused-ring (bicyclic) bond motifs is 1. The van der Waals surface area contributed by atoms with Crippen LogP contribution in [0.1, 0.15) is 5.69 Å². The van der Waals surface area contributed by atoms with Gasteiger partial charge in [0.15, 0.2) is 5.82 Å². The number of aromatic nitrogens is 4. The van der Waals surface area contributed by atoms with Crippen molar-refractivity contribution in [1.82, 2.24) is 19.9 Å². The minimum Gasteiger partial charge on any atom is -0.456 e. The molecule has 3 heterocycles. The van der Waals surface area contributed by atoms with E-state index in [1.54, 1.807) is 18.3 Å². The second kappa shape index (κ2) is 5.82. The fourth-order valence-corrected chi connectivity index (χ4v) is 2.32. The number of imidazole rings is 1. The third kappa shape index (κ3) is 2.66. The van der Waals surface area contributed by atoms with E-state index >= 15 is 0 Å². The number of nitrogens with one attached hydrogen (secondary N) is 1. The number of rotatable bonds is 3. The summed E-state index contributed by atoms with van der Waals surface area (Å²) in [6, 6.07) is 16.6. The predicted octanol–water partition coefficient (Wildman–Crippen LogP) is 3.68. The molecule has 0 aliphatic rings. The summed E-state index contributed by atoms with van der Waals surface area (Å²) in [5.74, 6) is 1.94. The Bertz CT molecular complexity index is 1030. The van der Waals surface area contributed by atoms with Crippen LogP contribution in [0.5, 0.6) is 11.5 Å². The van der Waals surface area contributed by atoms with Crippen LogP contribution < -0.4 is 4.74 Å². The molecule has 4 rings (SSSR count). The quantitative estimate of drug-likeness (QED) is 0.623. The van der Waals surface area contributed by atoms with Crippen LogP contribution in [0.4, 0.5) is 0 Å². The van der Waals surface area contributed by atoms with Gasteiger partial charge in [0.05, 0.1) is 17.2 Å².